The molecule has 1 aromatic rings. The molecule has 7 heteroatoms. The molecule has 0 spiro atoms. The first-order valence-electron chi connectivity index (χ1n) is 7.59. The molecule has 1 heterocycles. The Balaban J connectivity index is 2.41. The molecule has 1 rings (SSSR count). The van der Waals surface area contributed by atoms with E-state index in [1.807, 2.05) is 46.2 Å². The van der Waals surface area contributed by atoms with Crippen LogP contribution in [0.15, 0.2) is 0 Å². The van der Waals surface area contributed by atoms with Crippen LogP contribution < -0.4 is 10.6 Å². The van der Waals surface area contributed by atoms with Crippen molar-refractivity contribution in [2.75, 3.05) is 12.3 Å². The van der Waals surface area contributed by atoms with Crippen LogP contribution in [0.1, 0.15) is 44.6 Å². The summed E-state index contributed by atoms with van der Waals surface area (Å²) in [6.07, 6.45) is 0. The van der Waals surface area contributed by atoms with E-state index in [4.69, 9.17) is 0 Å². The Labute approximate surface area is 135 Å². The molecule has 1 unspecified atom stereocenters. The second-order valence-corrected chi connectivity index (χ2v) is 8.56. The highest BCUT2D eigenvalue weighted by atomic mass is 32.2. The molecule has 0 saturated carbocycles. The van der Waals surface area contributed by atoms with Crippen LogP contribution in [0.2, 0.25) is 0 Å². The van der Waals surface area contributed by atoms with Gasteiger partial charge in [0.1, 0.15) is 0 Å². The molecule has 0 aliphatic rings. The Morgan fingerprint density at radius 2 is 1.91 bits per heavy atom. The van der Waals surface area contributed by atoms with Crippen molar-refractivity contribution >= 4 is 16.8 Å². The number of hydrogen-bond acceptors (Lipinski definition) is 3. The first kappa shape index (κ1) is 18.7. The van der Waals surface area contributed by atoms with Gasteiger partial charge in [0.05, 0.1) is 5.69 Å². The van der Waals surface area contributed by atoms with Crippen LogP contribution in [0, 0.1) is 13.8 Å². The second-order valence-electron chi connectivity index (χ2n) is 6.24. The summed E-state index contributed by atoms with van der Waals surface area (Å²) in [6.45, 7) is 13.5. The molecule has 0 fully saturated rings. The van der Waals surface area contributed by atoms with Gasteiger partial charge in [-0.15, -0.1) is 0 Å². The van der Waals surface area contributed by atoms with Crippen LogP contribution >= 0.6 is 0 Å². The van der Waals surface area contributed by atoms with Crippen molar-refractivity contribution in [3.05, 3.63) is 17.0 Å². The predicted molar refractivity (Wildman–Crippen MR) is 90.4 cm³/mol. The smallest absolute Gasteiger partial charge is 0.315 e. The fourth-order valence-corrected chi connectivity index (χ4v) is 2.99. The number of amides is 2. The Hall–Kier alpha value is -1.37. The highest BCUT2D eigenvalue weighted by molar-refractivity contribution is 7.86. The summed E-state index contributed by atoms with van der Waals surface area (Å²) >= 11 is 0. The molecular weight excluding hydrogens is 300 g/mol. The zero-order valence-corrected chi connectivity index (χ0v) is 15.3. The maximum atomic E-state index is 11.9. The number of nitrogens with one attached hydrogen (secondary N) is 2. The quantitative estimate of drug-likeness (QED) is 0.837. The molecule has 1 atom stereocenters. The van der Waals surface area contributed by atoms with Gasteiger partial charge in [0.2, 0.25) is 0 Å². The maximum absolute atomic E-state index is 11.9. The van der Waals surface area contributed by atoms with Gasteiger partial charge in [0, 0.05) is 52.2 Å². The number of aryl methyl sites for hydroxylation is 2. The summed E-state index contributed by atoms with van der Waals surface area (Å²) in [6, 6.07) is -0.242. The maximum Gasteiger partial charge on any atom is 0.315 e. The van der Waals surface area contributed by atoms with E-state index >= 15 is 0 Å². The van der Waals surface area contributed by atoms with Gasteiger partial charge in [-0.3, -0.25) is 8.89 Å². The Bertz CT molecular complexity index is 546. The van der Waals surface area contributed by atoms with E-state index in [0.717, 1.165) is 23.5 Å². The second kappa shape index (κ2) is 7.76. The van der Waals surface area contributed by atoms with E-state index in [1.54, 1.807) is 0 Å². The molecular formula is C15H28N4O2S. The first-order valence-corrected chi connectivity index (χ1v) is 8.91. The van der Waals surface area contributed by atoms with Gasteiger partial charge in [0.15, 0.2) is 0 Å². The largest absolute Gasteiger partial charge is 0.337 e. The molecule has 0 saturated heterocycles. The summed E-state index contributed by atoms with van der Waals surface area (Å²) in [7, 11) is -0.955. The first-order chi connectivity index (χ1) is 10.2. The molecule has 0 aliphatic heterocycles. The highest BCUT2D eigenvalue weighted by Crippen LogP contribution is 2.12. The lowest BCUT2D eigenvalue weighted by Gasteiger charge is -2.17. The van der Waals surface area contributed by atoms with Crippen LogP contribution in [0.5, 0.6) is 0 Å². The molecule has 0 bridgehead atoms. The van der Waals surface area contributed by atoms with E-state index in [0.29, 0.717) is 18.8 Å². The van der Waals surface area contributed by atoms with Gasteiger partial charge in [-0.05, 0) is 41.5 Å². The predicted octanol–water partition coefficient (Wildman–Crippen LogP) is 1.87. The number of rotatable bonds is 6. The van der Waals surface area contributed by atoms with E-state index in [9.17, 15) is 9.00 Å². The summed E-state index contributed by atoms with van der Waals surface area (Å²) in [5, 5.41) is 10.00. The van der Waals surface area contributed by atoms with Gasteiger partial charge >= 0.3 is 6.03 Å². The lowest BCUT2D eigenvalue weighted by atomic mass is 10.2. The van der Waals surface area contributed by atoms with Crippen molar-refractivity contribution in [1.29, 1.82) is 0 Å². The van der Waals surface area contributed by atoms with Gasteiger partial charge in [-0.25, -0.2) is 4.79 Å². The third-order valence-electron chi connectivity index (χ3n) is 3.51. The number of carbonyl (C=O) groups is 1. The minimum Gasteiger partial charge on any atom is -0.337 e. The Kier molecular flexibility index (Phi) is 6.59. The number of carbonyl (C=O) groups excluding carboxylic acids is 1. The van der Waals surface area contributed by atoms with Gasteiger partial charge in [-0.1, -0.05) is 0 Å². The van der Waals surface area contributed by atoms with Crippen LogP contribution in [0.4, 0.5) is 4.79 Å². The number of hydrogen-bond donors (Lipinski definition) is 2. The third kappa shape index (κ3) is 5.12. The van der Waals surface area contributed by atoms with E-state index in [-0.39, 0.29) is 10.8 Å². The minimum atomic E-state index is -0.955. The molecule has 126 valence electrons. The van der Waals surface area contributed by atoms with Crippen LogP contribution in [0.25, 0.3) is 0 Å². The van der Waals surface area contributed by atoms with Crippen LogP contribution in [-0.2, 0) is 23.9 Å². The Morgan fingerprint density at radius 1 is 1.27 bits per heavy atom. The lowest BCUT2D eigenvalue weighted by Crippen LogP contribution is -2.38. The van der Waals surface area contributed by atoms with Crippen molar-refractivity contribution < 1.29 is 9.00 Å². The standard InChI is InChI=1S/C15H28N4O2S/c1-7-19-12(3)13(11(2)18-19)10-17-14(20)16-8-9-22(21)15(4,5)6/h7-10H2,1-6H3,(H2,16,17,20). The zero-order valence-electron chi connectivity index (χ0n) is 14.4. The Morgan fingerprint density at radius 3 is 2.41 bits per heavy atom. The molecule has 0 aliphatic carbocycles. The molecule has 0 radical (unpaired) electrons. The van der Waals surface area contributed by atoms with Gasteiger partial charge < -0.3 is 10.6 Å². The average Bonchev–Trinajstić information content (AvgIpc) is 2.70. The molecule has 2 amide bonds. The van der Waals surface area contributed by atoms with Crippen LogP contribution in [0.3, 0.4) is 0 Å². The lowest BCUT2D eigenvalue weighted by molar-refractivity contribution is 0.241. The normalized spacial score (nSPS) is 13.0. The SMILES string of the molecule is CCn1nc(C)c(CNC(=O)NCCS(=O)C(C)(C)C)c1C. The van der Waals surface area contributed by atoms with Crippen molar-refractivity contribution in [2.24, 2.45) is 0 Å². The third-order valence-corrected chi connectivity index (χ3v) is 5.45. The summed E-state index contributed by atoms with van der Waals surface area (Å²) in [5.74, 6) is 0.461. The molecule has 22 heavy (non-hydrogen) atoms. The number of aromatic nitrogens is 2. The fourth-order valence-electron chi connectivity index (χ4n) is 2.09. The van der Waals surface area contributed by atoms with Crippen molar-refractivity contribution in [2.45, 2.75) is 59.4 Å². The van der Waals surface area contributed by atoms with E-state index < -0.39 is 10.8 Å². The van der Waals surface area contributed by atoms with Crippen molar-refractivity contribution in [1.82, 2.24) is 20.4 Å². The molecule has 0 aromatic carbocycles. The number of nitrogens with zero attached hydrogens (tertiary/aromatic N) is 2. The van der Waals surface area contributed by atoms with Crippen molar-refractivity contribution in [3.8, 4) is 0 Å². The minimum absolute atomic E-state index is 0.242. The van der Waals surface area contributed by atoms with Crippen LogP contribution in [-0.4, -0.2) is 37.1 Å². The number of urea groups is 1. The molecule has 6 nitrogen and oxygen atoms in total. The topological polar surface area (TPSA) is 76.0 Å². The van der Waals surface area contributed by atoms with Gasteiger partial charge in [-0.2, -0.15) is 5.10 Å². The fraction of sp³-hybridized carbons (Fsp3) is 0.733. The summed E-state index contributed by atoms with van der Waals surface area (Å²) < 4.78 is 13.6. The average molecular weight is 328 g/mol. The van der Waals surface area contributed by atoms with Crippen molar-refractivity contribution in [3.63, 3.8) is 0 Å². The van der Waals surface area contributed by atoms with E-state index in [1.165, 1.54) is 0 Å². The molecule has 2 N–H and O–H groups in total. The summed E-state index contributed by atoms with van der Waals surface area (Å²) in [4.78, 5) is 11.8. The van der Waals surface area contributed by atoms with E-state index in [2.05, 4.69) is 15.7 Å². The zero-order chi connectivity index (χ0) is 16.9. The monoisotopic (exact) mass is 328 g/mol. The highest BCUT2D eigenvalue weighted by Gasteiger charge is 2.19. The molecule has 1 aromatic heterocycles. The summed E-state index contributed by atoms with van der Waals surface area (Å²) in [5.41, 5.74) is 3.07. The van der Waals surface area contributed by atoms with Gasteiger partial charge in [0.25, 0.3) is 0 Å².